The number of carbonyl (C=O) groups is 2. The molecule has 2 atom stereocenters. The molecule has 0 saturated carbocycles. The quantitative estimate of drug-likeness (QED) is 0.275. The summed E-state index contributed by atoms with van der Waals surface area (Å²) < 4.78 is 27.8. The maximum absolute atomic E-state index is 13.9. The molecule has 3 aromatic rings. The average Bonchev–Trinajstić information content (AvgIpc) is 2.96. The van der Waals surface area contributed by atoms with Crippen molar-refractivity contribution in [3.8, 4) is 0 Å². The molecule has 0 unspecified atom stereocenters. The Bertz CT molecular complexity index is 1300. The summed E-state index contributed by atoms with van der Waals surface area (Å²) in [6, 6.07) is 18.2. The molecule has 8 heteroatoms. The molecular weight excluding hydrogens is 524 g/mol. The van der Waals surface area contributed by atoms with Crippen LogP contribution in [0.25, 0.3) is 0 Å². The summed E-state index contributed by atoms with van der Waals surface area (Å²) in [6.45, 7) is 5.74. The van der Waals surface area contributed by atoms with Crippen LogP contribution in [0.1, 0.15) is 53.7 Å². The lowest BCUT2D eigenvalue weighted by Gasteiger charge is -2.34. The highest BCUT2D eigenvalue weighted by Crippen LogP contribution is 2.24. The molecule has 6 nitrogen and oxygen atoms in total. The van der Waals surface area contributed by atoms with Crippen molar-refractivity contribution in [3.05, 3.63) is 101 Å². The molecule has 0 aromatic heterocycles. The SMILES string of the molecule is CCc1cccc(CNC[C@H](O)[C@H](Cc2cc(F)cc(F)c2)NC(=O)C2CCN(c3ccc(C(C)=O)cc3)CC2)c1. The summed E-state index contributed by atoms with van der Waals surface area (Å²) in [6.07, 6.45) is 1.31. The average molecular weight is 564 g/mol. The third-order valence-corrected chi connectivity index (χ3v) is 7.76. The van der Waals surface area contributed by atoms with E-state index in [9.17, 15) is 23.5 Å². The van der Waals surface area contributed by atoms with Gasteiger partial charge in [0.2, 0.25) is 5.91 Å². The summed E-state index contributed by atoms with van der Waals surface area (Å²) in [5.41, 5.74) is 4.35. The monoisotopic (exact) mass is 563 g/mol. The van der Waals surface area contributed by atoms with E-state index in [1.807, 2.05) is 36.4 Å². The fourth-order valence-electron chi connectivity index (χ4n) is 5.34. The molecule has 1 aliphatic rings. The number of ketones is 1. The van der Waals surface area contributed by atoms with Gasteiger partial charge in [-0.15, -0.1) is 0 Å². The predicted molar refractivity (Wildman–Crippen MR) is 157 cm³/mol. The van der Waals surface area contributed by atoms with Gasteiger partial charge in [0, 0.05) is 49.4 Å². The van der Waals surface area contributed by atoms with E-state index in [0.29, 0.717) is 43.6 Å². The third kappa shape index (κ3) is 8.68. The number of Topliss-reactive ketones (excluding diaryl/α,β-unsaturated/α-hetero) is 1. The van der Waals surface area contributed by atoms with E-state index in [1.165, 1.54) is 24.6 Å². The minimum Gasteiger partial charge on any atom is -0.390 e. The van der Waals surface area contributed by atoms with Crippen LogP contribution in [0, 0.1) is 17.6 Å². The number of nitrogens with zero attached hydrogens (tertiary/aromatic N) is 1. The number of halogens is 2. The summed E-state index contributed by atoms with van der Waals surface area (Å²) in [5, 5.41) is 17.3. The van der Waals surface area contributed by atoms with Crippen LogP contribution in [0.15, 0.2) is 66.7 Å². The number of carbonyl (C=O) groups excluding carboxylic acids is 2. The van der Waals surface area contributed by atoms with Crippen LogP contribution < -0.4 is 15.5 Å². The van der Waals surface area contributed by atoms with E-state index in [0.717, 1.165) is 23.7 Å². The van der Waals surface area contributed by atoms with Crippen molar-refractivity contribution in [2.45, 2.75) is 58.2 Å². The number of nitrogens with one attached hydrogen (secondary N) is 2. The summed E-state index contributed by atoms with van der Waals surface area (Å²) >= 11 is 0. The van der Waals surface area contributed by atoms with E-state index in [4.69, 9.17) is 0 Å². The Morgan fingerprint density at radius 2 is 1.61 bits per heavy atom. The number of benzene rings is 3. The molecular formula is C33H39F2N3O3. The number of aliphatic hydroxyl groups is 1. The van der Waals surface area contributed by atoms with Gasteiger partial charge in [0.05, 0.1) is 12.1 Å². The smallest absolute Gasteiger partial charge is 0.223 e. The van der Waals surface area contributed by atoms with E-state index < -0.39 is 23.8 Å². The van der Waals surface area contributed by atoms with E-state index in [2.05, 4.69) is 34.6 Å². The lowest BCUT2D eigenvalue weighted by molar-refractivity contribution is -0.127. The molecule has 218 valence electrons. The fourth-order valence-corrected chi connectivity index (χ4v) is 5.34. The van der Waals surface area contributed by atoms with Gasteiger partial charge in [0.25, 0.3) is 0 Å². The number of aliphatic hydroxyl groups excluding tert-OH is 1. The van der Waals surface area contributed by atoms with E-state index in [-0.39, 0.29) is 30.6 Å². The maximum Gasteiger partial charge on any atom is 0.223 e. The molecule has 1 fully saturated rings. The van der Waals surface area contributed by atoms with Crippen molar-refractivity contribution in [1.29, 1.82) is 0 Å². The summed E-state index contributed by atoms with van der Waals surface area (Å²) in [4.78, 5) is 27.1. The molecule has 3 aromatic carbocycles. The van der Waals surface area contributed by atoms with Crippen molar-refractivity contribution < 1.29 is 23.5 Å². The van der Waals surface area contributed by atoms with Gasteiger partial charge in [-0.25, -0.2) is 8.78 Å². The molecule has 0 spiro atoms. The standard InChI is InChI=1S/C33H39F2N3O3/c1-3-23-5-4-6-24(15-23)20-36-21-32(40)31(18-25-16-28(34)19-29(35)17-25)37-33(41)27-11-13-38(14-12-27)30-9-7-26(8-10-30)22(2)39/h4-10,15-17,19,27,31-32,36,40H,3,11-14,18,20-21H2,1-2H3,(H,37,41)/t31-,32-/m0/s1. The number of rotatable bonds is 12. The van der Waals surface area contributed by atoms with Gasteiger partial charge in [-0.1, -0.05) is 31.2 Å². The molecule has 0 bridgehead atoms. The number of anilines is 1. The molecule has 3 N–H and O–H groups in total. The Kier molecular flexibility index (Phi) is 10.6. The molecule has 1 aliphatic heterocycles. The largest absolute Gasteiger partial charge is 0.390 e. The molecule has 1 heterocycles. The highest BCUT2D eigenvalue weighted by Gasteiger charge is 2.29. The molecule has 0 aliphatic carbocycles. The summed E-state index contributed by atoms with van der Waals surface area (Å²) in [7, 11) is 0. The maximum atomic E-state index is 13.9. The first-order valence-electron chi connectivity index (χ1n) is 14.3. The van der Waals surface area contributed by atoms with Crippen molar-refractivity contribution in [3.63, 3.8) is 0 Å². The molecule has 4 rings (SSSR count). The van der Waals surface area contributed by atoms with Gasteiger partial charge < -0.3 is 20.6 Å². The van der Waals surface area contributed by atoms with Crippen molar-refractivity contribution in [1.82, 2.24) is 10.6 Å². The highest BCUT2D eigenvalue weighted by atomic mass is 19.1. The Morgan fingerprint density at radius 1 is 0.951 bits per heavy atom. The topological polar surface area (TPSA) is 81.7 Å². The van der Waals surface area contributed by atoms with Crippen LogP contribution in [0.2, 0.25) is 0 Å². The first-order chi connectivity index (χ1) is 19.7. The number of amides is 1. The van der Waals surface area contributed by atoms with Gasteiger partial charge in [0.15, 0.2) is 5.78 Å². The van der Waals surface area contributed by atoms with Gasteiger partial charge in [-0.3, -0.25) is 9.59 Å². The van der Waals surface area contributed by atoms with Gasteiger partial charge in [-0.05, 0) is 85.7 Å². The van der Waals surface area contributed by atoms with Crippen molar-refractivity contribution in [2.24, 2.45) is 5.92 Å². The highest BCUT2D eigenvalue weighted by molar-refractivity contribution is 5.94. The first kappa shape index (κ1) is 30.3. The van der Waals surface area contributed by atoms with Crippen molar-refractivity contribution >= 4 is 17.4 Å². The third-order valence-electron chi connectivity index (χ3n) is 7.76. The Labute approximate surface area is 240 Å². The second-order valence-electron chi connectivity index (χ2n) is 10.8. The van der Waals surface area contributed by atoms with Gasteiger partial charge in [-0.2, -0.15) is 0 Å². The zero-order valence-corrected chi connectivity index (χ0v) is 23.7. The van der Waals surface area contributed by atoms with Crippen LogP contribution in [0.4, 0.5) is 14.5 Å². The normalized spacial score (nSPS) is 15.4. The number of hydrogen-bond acceptors (Lipinski definition) is 5. The zero-order chi connectivity index (χ0) is 29.4. The van der Waals surface area contributed by atoms with Crippen LogP contribution in [-0.4, -0.2) is 48.6 Å². The number of hydrogen-bond donors (Lipinski definition) is 3. The Hall–Kier alpha value is -3.62. The molecule has 41 heavy (non-hydrogen) atoms. The van der Waals surface area contributed by atoms with E-state index >= 15 is 0 Å². The first-order valence-corrected chi connectivity index (χ1v) is 14.3. The predicted octanol–water partition coefficient (Wildman–Crippen LogP) is 4.82. The lowest BCUT2D eigenvalue weighted by atomic mass is 9.93. The van der Waals surface area contributed by atoms with Gasteiger partial charge >= 0.3 is 0 Å². The van der Waals surface area contributed by atoms with Crippen LogP contribution in [-0.2, 0) is 24.2 Å². The number of aryl methyl sites for hydroxylation is 1. The minimum atomic E-state index is -0.973. The molecule has 0 radical (unpaired) electrons. The minimum absolute atomic E-state index is 0.0190. The van der Waals surface area contributed by atoms with Crippen molar-refractivity contribution in [2.75, 3.05) is 24.5 Å². The fraction of sp³-hybridized carbons (Fsp3) is 0.394. The Balaban J connectivity index is 1.37. The molecule has 1 amide bonds. The second kappa shape index (κ2) is 14.3. The van der Waals surface area contributed by atoms with Crippen LogP contribution >= 0.6 is 0 Å². The number of piperidine rings is 1. The summed E-state index contributed by atoms with van der Waals surface area (Å²) in [5.74, 6) is -1.79. The van der Waals surface area contributed by atoms with E-state index in [1.54, 1.807) is 0 Å². The lowest BCUT2D eigenvalue weighted by Crippen LogP contribution is -2.51. The Morgan fingerprint density at radius 3 is 2.24 bits per heavy atom. The van der Waals surface area contributed by atoms with Crippen LogP contribution in [0.3, 0.4) is 0 Å². The van der Waals surface area contributed by atoms with Crippen LogP contribution in [0.5, 0.6) is 0 Å². The molecule has 1 saturated heterocycles. The second-order valence-corrected chi connectivity index (χ2v) is 10.8. The van der Waals surface area contributed by atoms with Gasteiger partial charge in [0.1, 0.15) is 11.6 Å². The zero-order valence-electron chi connectivity index (χ0n) is 23.7.